The Hall–Kier alpha value is -1.75. The quantitative estimate of drug-likeness (QED) is 0.573. The normalized spacial score (nSPS) is 11.5. The van der Waals surface area contributed by atoms with Crippen LogP contribution in [0.2, 0.25) is 0 Å². The zero-order chi connectivity index (χ0) is 12.0. The first kappa shape index (κ1) is 12.3. The summed E-state index contributed by atoms with van der Waals surface area (Å²) in [6.07, 6.45) is -0.335. The predicted octanol–water partition coefficient (Wildman–Crippen LogP) is 2.89. The van der Waals surface area contributed by atoms with E-state index < -0.39 is 0 Å². The molecular formula is C14H16O2. The number of esters is 1. The van der Waals surface area contributed by atoms with Crippen LogP contribution >= 0.6 is 0 Å². The maximum Gasteiger partial charge on any atom is 0.339 e. The lowest BCUT2D eigenvalue weighted by Gasteiger charge is -2.15. The summed E-state index contributed by atoms with van der Waals surface area (Å²) in [5.41, 5.74) is 0.561. The zero-order valence-electron chi connectivity index (χ0n) is 9.86. The van der Waals surface area contributed by atoms with Crippen LogP contribution in [0.5, 0.6) is 0 Å². The zero-order valence-corrected chi connectivity index (χ0v) is 9.86. The van der Waals surface area contributed by atoms with Crippen LogP contribution in [0.1, 0.15) is 31.1 Å². The first-order valence-electron chi connectivity index (χ1n) is 5.33. The standard InChI is InChI=1S/C14H16O2/c1-4-8-13(11(2)3)16-14(15)12-9-6-5-7-10-12/h5-7,9-11,13H,1-3H3/t13-/m0/s1. The SMILES string of the molecule is CC#C[C@H](OC(=O)c1ccccc1)C(C)C. The summed E-state index contributed by atoms with van der Waals surface area (Å²) >= 11 is 0. The minimum absolute atomic E-state index is 0.195. The molecule has 0 heterocycles. The van der Waals surface area contributed by atoms with E-state index in [2.05, 4.69) is 11.8 Å². The van der Waals surface area contributed by atoms with Crippen LogP contribution in [-0.2, 0) is 4.74 Å². The van der Waals surface area contributed by atoms with Gasteiger partial charge < -0.3 is 4.74 Å². The second-order valence-corrected chi connectivity index (χ2v) is 3.83. The molecule has 16 heavy (non-hydrogen) atoms. The summed E-state index contributed by atoms with van der Waals surface area (Å²) in [6, 6.07) is 8.96. The van der Waals surface area contributed by atoms with E-state index in [1.165, 1.54) is 0 Å². The van der Waals surface area contributed by atoms with Crippen molar-refractivity contribution < 1.29 is 9.53 Å². The van der Waals surface area contributed by atoms with Crippen LogP contribution in [0.3, 0.4) is 0 Å². The van der Waals surface area contributed by atoms with E-state index in [1.807, 2.05) is 32.0 Å². The number of rotatable bonds is 3. The molecule has 84 valence electrons. The Morgan fingerprint density at radius 3 is 2.38 bits per heavy atom. The Labute approximate surface area is 96.6 Å². The number of carbonyl (C=O) groups is 1. The van der Waals surface area contributed by atoms with Gasteiger partial charge in [-0.1, -0.05) is 38.0 Å². The molecular weight excluding hydrogens is 200 g/mol. The van der Waals surface area contributed by atoms with Crippen LogP contribution in [0.25, 0.3) is 0 Å². The van der Waals surface area contributed by atoms with Gasteiger partial charge >= 0.3 is 5.97 Å². The number of hydrogen-bond donors (Lipinski definition) is 0. The molecule has 0 aromatic heterocycles. The fraction of sp³-hybridized carbons (Fsp3) is 0.357. The molecule has 0 amide bonds. The molecule has 0 N–H and O–H groups in total. The van der Waals surface area contributed by atoms with Crippen LogP contribution in [0.15, 0.2) is 30.3 Å². The van der Waals surface area contributed by atoms with Gasteiger partial charge in [0.15, 0.2) is 6.10 Å². The fourth-order valence-electron chi connectivity index (χ4n) is 1.23. The molecule has 0 spiro atoms. The molecule has 0 saturated carbocycles. The Kier molecular flexibility index (Phi) is 4.60. The highest BCUT2D eigenvalue weighted by atomic mass is 16.5. The minimum atomic E-state index is -0.335. The predicted molar refractivity (Wildman–Crippen MR) is 63.9 cm³/mol. The van der Waals surface area contributed by atoms with Crippen molar-refractivity contribution in [3.05, 3.63) is 35.9 Å². The molecule has 0 unspecified atom stereocenters. The summed E-state index contributed by atoms with van der Waals surface area (Å²) in [4.78, 5) is 11.7. The molecule has 1 rings (SSSR count). The van der Waals surface area contributed by atoms with Crippen molar-refractivity contribution in [3.63, 3.8) is 0 Å². The van der Waals surface area contributed by atoms with E-state index in [0.717, 1.165) is 0 Å². The molecule has 2 heteroatoms. The van der Waals surface area contributed by atoms with Gasteiger partial charge in [-0.3, -0.25) is 0 Å². The van der Waals surface area contributed by atoms with Gasteiger partial charge in [0.25, 0.3) is 0 Å². The molecule has 0 fully saturated rings. The average molecular weight is 216 g/mol. The summed E-state index contributed by atoms with van der Waals surface area (Å²) in [7, 11) is 0. The van der Waals surface area contributed by atoms with E-state index in [9.17, 15) is 4.79 Å². The third kappa shape index (κ3) is 3.43. The van der Waals surface area contributed by atoms with E-state index in [4.69, 9.17) is 4.74 Å². The minimum Gasteiger partial charge on any atom is -0.445 e. The summed E-state index contributed by atoms with van der Waals surface area (Å²) in [6.45, 7) is 5.70. The van der Waals surface area contributed by atoms with Crippen LogP contribution in [0, 0.1) is 17.8 Å². The van der Waals surface area contributed by atoms with Crippen LogP contribution in [-0.4, -0.2) is 12.1 Å². The summed E-state index contributed by atoms with van der Waals surface area (Å²) in [5.74, 6) is 5.55. The monoisotopic (exact) mass is 216 g/mol. The van der Waals surface area contributed by atoms with E-state index in [0.29, 0.717) is 5.56 Å². The Morgan fingerprint density at radius 2 is 1.88 bits per heavy atom. The van der Waals surface area contributed by atoms with Gasteiger partial charge in [-0.05, 0) is 19.1 Å². The molecule has 1 atom stereocenters. The Morgan fingerprint density at radius 1 is 1.25 bits per heavy atom. The molecule has 2 nitrogen and oxygen atoms in total. The van der Waals surface area contributed by atoms with Gasteiger partial charge in [-0.25, -0.2) is 4.79 Å². The van der Waals surface area contributed by atoms with Crippen molar-refractivity contribution in [2.45, 2.75) is 26.9 Å². The molecule has 0 aliphatic rings. The second kappa shape index (κ2) is 5.97. The topological polar surface area (TPSA) is 26.3 Å². The number of benzene rings is 1. The molecule has 0 aliphatic heterocycles. The average Bonchev–Trinajstić information content (AvgIpc) is 2.29. The maximum atomic E-state index is 11.7. The van der Waals surface area contributed by atoms with E-state index in [-0.39, 0.29) is 18.0 Å². The lowest BCUT2D eigenvalue weighted by atomic mass is 10.1. The summed E-state index contributed by atoms with van der Waals surface area (Å²) in [5, 5.41) is 0. The molecule has 0 bridgehead atoms. The highest BCUT2D eigenvalue weighted by Crippen LogP contribution is 2.09. The highest BCUT2D eigenvalue weighted by Gasteiger charge is 2.16. The highest BCUT2D eigenvalue weighted by molar-refractivity contribution is 5.89. The van der Waals surface area contributed by atoms with Crippen molar-refractivity contribution in [1.82, 2.24) is 0 Å². The number of hydrogen-bond acceptors (Lipinski definition) is 2. The van der Waals surface area contributed by atoms with Gasteiger partial charge in [0, 0.05) is 5.92 Å². The molecule has 1 aromatic carbocycles. The van der Waals surface area contributed by atoms with Crippen LogP contribution in [0.4, 0.5) is 0 Å². The fourth-order valence-corrected chi connectivity index (χ4v) is 1.23. The Balaban J connectivity index is 2.72. The van der Waals surface area contributed by atoms with Gasteiger partial charge in [0.1, 0.15) is 0 Å². The van der Waals surface area contributed by atoms with Gasteiger partial charge in [0.05, 0.1) is 5.56 Å². The molecule has 0 saturated heterocycles. The van der Waals surface area contributed by atoms with Gasteiger partial charge in [0.2, 0.25) is 0 Å². The van der Waals surface area contributed by atoms with Crippen molar-refractivity contribution >= 4 is 5.97 Å². The van der Waals surface area contributed by atoms with E-state index in [1.54, 1.807) is 19.1 Å². The van der Waals surface area contributed by atoms with Crippen LogP contribution < -0.4 is 0 Å². The molecule has 0 radical (unpaired) electrons. The first-order valence-corrected chi connectivity index (χ1v) is 5.33. The first-order chi connectivity index (χ1) is 7.65. The molecule has 0 aliphatic carbocycles. The van der Waals surface area contributed by atoms with Crippen molar-refractivity contribution in [3.8, 4) is 11.8 Å². The third-order valence-electron chi connectivity index (χ3n) is 2.14. The van der Waals surface area contributed by atoms with Crippen molar-refractivity contribution in [2.75, 3.05) is 0 Å². The van der Waals surface area contributed by atoms with Gasteiger partial charge in [-0.2, -0.15) is 0 Å². The van der Waals surface area contributed by atoms with Crippen molar-refractivity contribution in [2.24, 2.45) is 5.92 Å². The smallest absolute Gasteiger partial charge is 0.339 e. The van der Waals surface area contributed by atoms with Crippen molar-refractivity contribution in [1.29, 1.82) is 0 Å². The number of ether oxygens (including phenoxy) is 1. The van der Waals surface area contributed by atoms with E-state index >= 15 is 0 Å². The maximum absolute atomic E-state index is 11.7. The Bertz CT molecular complexity index is 396. The largest absolute Gasteiger partial charge is 0.445 e. The summed E-state index contributed by atoms with van der Waals surface area (Å²) < 4.78 is 5.33. The number of carbonyl (C=O) groups excluding carboxylic acids is 1. The van der Waals surface area contributed by atoms with Gasteiger partial charge in [-0.15, -0.1) is 5.92 Å². The molecule has 1 aromatic rings. The second-order valence-electron chi connectivity index (χ2n) is 3.83. The lowest BCUT2D eigenvalue weighted by molar-refractivity contribution is 0.0330. The lowest BCUT2D eigenvalue weighted by Crippen LogP contribution is -2.22. The third-order valence-corrected chi connectivity index (χ3v) is 2.14.